The molecule has 2 nitrogen and oxygen atoms in total. The van der Waals surface area contributed by atoms with Gasteiger partial charge in [-0.15, -0.1) is 0 Å². The molecular weight excluding hydrogens is 215 g/mol. The van der Waals surface area contributed by atoms with Crippen LogP contribution in [0.5, 0.6) is 0 Å². The number of hydrogen-bond acceptors (Lipinski definition) is 2. The van der Waals surface area contributed by atoms with Crippen molar-refractivity contribution in [3.05, 3.63) is 65.5 Å². The molecule has 1 atom stereocenters. The van der Waals surface area contributed by atoms with Crippen LogP contribution >= 0.6 is 0 Å². The Morgan fingerprint density at radius 1 is 1.06 bits per heavy atom. The summed E-state index contributed by atoms with van der Waals surface area (Å²) >= 11 is 0. The number of nitrogen functional groups attached to an aromatic ring is 1. The van der Waals surface area contributed by atoms with Crippen molar-refractivity contribution < 1.29 is 4.39 Å². The van der Waals surface area contributed by atoms with E-state index in [9.17, 15) is 4.39 Å². The van der Waals surface area contributed by atoms with Crippen LogP contribution in [0.1, 0.15) is 17.2 Å². The summed E-state index contributed by atoms with van der Waals surface area (Å²) in [5.41, 5.74) is 8.57. The van der Waals surface area contributed by atoms with Gasteiger partial charge in [-0.2, -0.15) is 0 Å². The molecule has 0 aliphatic heterocycles. The van der Waals surface area contributed by atoms with Gasteiger partial charge in [-0.05, 0) is 42.4 Å². The first-order valence-corrected chi connectivity index (χ1v) is 5.49. The fourth-order valence-corrected chi connectivity index (χ4v) is 1.92. The predicted molar refractivity (Wildman–Crippen MR) is 68.2 cm³/mol. The third-order valence-electron chi connectivity index (χ3n) is 2.74. The first kappa shape index (κ1) is 11.6. The molecule has 0 amide bonds. The highest BCUT2D eigenvalue weighted by Gasteiger charge is 2.11. The van der Waals surface area contributed by atoms with E-state index in [-0.39, 0.29) is 11.9 Å². The first-order valence-electron chi connectivity index (χ1n) is 5.49. The molecule has 2 rings (SSSR count). The summed E-state index contributed by atoms with van der Waals surface area (Å²) < 4.78 is 12.9. The van der Waals surface area contributed by atoms with Crippen molar-refractivity contribution in [1.29, 1.82) is 0 Å². The molecule has 0 spiro atoms. The molecule has 3 N–H and O–H groups in total. The average Bonchev–Trinajstić information content (AvgIpc) is 2.33. The van der Waals surface area contributed by atoms with Crippen molar-refractivity contribution in [1.82, 2.24) is 5.32 Å². The molecule has 17 heavy (non-hydrogen) atoms. The second-order valence-electron chi connectivity index (χ2n) is 3.94. The summed E-state index contributed by atoms with van der Waals surface area (Å²) in [6.45, 7) is 0. The smallest absolute Gasteiger partial charge is 0.123 e. The molecule has 0 saturated carbocycles. The molecule has 0 bridgehead atoms. The molecule has 0 saturated heterocycles. The Morgan fingerprint density at radius 2 is 1.76 bits per heavy atom. The Balaban J connectivity index is 2.36. The number of hydrogen-bond donors (Lipinski definition) is 2. The second kappa shape index (κ2) is 4.97. The van der Waals surface area contributed by atoms with Gasteiger partial charge in [-0.25, -0.2) is 4.39 Å². The van der Waals surface area contributed by atoms with Gasteiger partial charge in [0.05, 0.1) is 6.04 Å². The third kappa shape index (κ3) is 2.63. The van der Waals surface area contributed by atoms with Crippen molar-refractivity contribution >= 4 is 5.69 Å². The predicted octanol–water partition coefficient (Wildman–Crippen LogP) is 2.72. The lowest BCUT2D eigenvalue weighted by Gasteiger charge is -2.17. The fourth-order valence-electron chi connectivity index (χ4n) is 1.92. The van der Waals surface area contributed by atoms with Crippen LogP contribution < -0.4 is 11.1 Å². The second-order valence-corrected chi connectivity index (χ2v) is 3.94. The van der Waals surface area contributed by atoms with E-state index in [0.717, 1.165) is 16.8 Å². The maximum absolute atomic E-state index is 12.9. The maximum Gasteiger partial charge on any atom is 0.123 e. The minimum atomic E-state index is -0.226. The molecule has 0 aliphatic rings. The van der Waals surface area contributed by atoms with Gasteiger partial charge in [0.2, 0.25) is 0 Å². The van der Waals surface area contributed by atoms with Crippen LogP contribution in [0.3, 0.4) is 0 Å². The van der Waals surface area contributed by atoms with Crippen LogP contribution in [0.2, 0.25) is 0 Å². The van der Waals surface area contributed by atoms with Crippen LogP contribution in [-0.2, 0) is 0 Å². The van der Waals surface area contributed by atoms with Crippen LogP contribution in [0.15, 0.2) is 48.5 Å². The standard InChI is InChI=1S/C14H15FN2/c1-17-14(10-5-7-12(15)8-6-10)11-3-2-4-13(16)9-11/h2-9,14,17H,16H2,1H3. The van der Waals surface area contributed by atoms with E-state index in [1.54, 1.807) is 12.1 Å². The summed E-state index contributed by atoms with van der Waals surface area (Å²) in [4.78, 5) is 0. The molecular formula is C14H15FN2. The summed E-state index contributed by atoms with van der Waals surface area (Å²) in [6.07, 6.45) is 0. The topological polar surface area (TPSA) is 38.0 Å². The number of rotatable bonds is 3. The Bertz CT molecular complexity index is 494. The zero-order valence-corrected chi connectivity index (χ0v) is 9.65. The maximum atomic E-state index is 12.9. The molecule has 0 aromatic heterocycles. The Labute approximate surface area is 100 Å². The van der Waals surface area contributed by atoms with E-state index in [2.05, 4.69) is 5.32 Å². The zero-order chi connectivity index (χ0) is 12.3. The lowest BCUT2D eigenvalue weighted by Crippen LogP contribution is -2.17. The van der Waals surface area contributed by atoms with Gasteiger partial charge >= 0.3 is 0 Å². The molecule has 0 heterocycles. The van der Waals surface area contributed by atoms with Crippen molar-refractivity contribution in [2.45, 2.75) is 6.04 Å². The van der Waals surface area contributed by atoms with Crippen LogP contribution in [0, 0.1) is 5.82 Å². The van der Waals surface area contributed by atoms with E-state index in [1.807, 2.05) is 31.3 Å². The summed E-state index contributed by atoms with van der Waals surface area (Å²) in [5.74, 6) is -0.226. The fraction of sp³-hybridized carbons (Fsp3) is 0.143. The SMILES string of the molecule is CNC(c1ccc(F)cc1)c1cccc(N)c1. The summed E-state index contributed by atoms with van der Waals surface area (Å²) in [6, 6.07) is 14.2. The Hall–Kier alpha value is -1.87. The van der Waals surface area contributed by atoms with E-state index in [0.29, 0.717) is 0 Å². The molecule has 2 aromatic rings. The van der Waals surface area contributed by atoms with E-state index < -0.39 is 0 Å². The highest BCUT2D eigenvalue weighted by Crippen LogP contribution is 2.23. The van der Waals surface area contributed by atoms with Gasteiger partial charge in [0.15, 0.2) is 0 Å². The first-order chi connectivity index (χ1) is 8.20. The van der Waals surface area contributed by atoms with Crippen molar-refractivity contribution in [2.24, 2.45) is 0 Å². The normalized spacial score (nSPS) is 12.4. The molecule has 0 radical (unpaired) electrons. The highest BCUT2D eigenvalue weighted by atomic mass is 19.1. The Morgan fingerprint density at radius 3 is 2.35 bits per heavy atom. The monoisotopic (exact) mass is 230 g/mol. The van der Waals surface area contributed by atoms with E-state index in [4.69, 9.17) is 5.73 Å². The lowest BCUT2D eigenvalue weighted by atomic mass is 9.98. The third-order valence-corrected chi connectivity index (χ3v) is 2.74. The highest BCUT2D eigenvalue weighted by molar-refractivity contribution is 5.44. The number of anilines is 1. The van der Waals surface area contributed by atoms with E-state index >= 15 is 0 Å². The minimum Gasteiger partial charge on any atom is -0.399 e. The lowest BCUT2D eigenvalue weighted by molar-refractivity contribution is 0.623. The molecule has 1 unspecified atom stereocenters. The van der Waals surface area contributed by atoms with E-state index in [1.165, 1.54) is 12.1 Å². The molecule has 2 aromatic carbocycles. The van der Waals surface area contributed by atoms with Crippen molar-refractivity contribution in [3.8, 4) is 0 Å². The molecule has 0 fully saturated rings. The minimum absolute atomic E-state index is 0.0269. The van der Waals surface area contributed by atoms with Gasteiger partial charge in [0, 0.05) is 5.69 Å². The molecule has 0 aliphatic carbocycles. The van der Waals surface area contributed by atoms with Gasteiger partial charge in [-0.3, -0.25) is 0 Å². The molecule has 88 valence electrons. The zero-order valence-electron chi connectivity index (χ0n) is 9.65. The quantitative estimate of drug-likeness (QED) is 0.796. The summed E-state index contributed by atoms with van der Waals surface area (Å²) in [7, 11) is 1.87. The Kier molecular flexibility index (Phi) is 3.40. The number of benzene rings is 2. The number of nitrogens with two attached hydrogens (primary N) is 1. The largest absolute Gasteiger partial charge is 0.399 e. The number of nitrogens with one attached hydrogen (secondary N) is 1. The van der Waals surface area contributed by atoms with Crippen LogP contribution in [0.25, 0.3) is 0 Å². The summed E-state index contributed by atoms with van der Waals surface area (Å²) in [5, 5.41) is 3.20. The number of halogens is 1. The van der Waals surface area contributed by atoms with Crippen LogP contribution in [0.4, 0.5) is 10.1 Å². The van der Waals surface area contributed by atoms with Crippen molar-refractivity contribution in [3.63, 3.8) is 0 Å². The average molecular weight is 230 g/mol. The molecule has 3 heteroatoms. The van der Waals surface area contributed by atoms with Gasteiger partial charge in [0.25, 0.3) is 0 Å². The van der Waals surface area contributed by atoms with Crippen molar-refractivity contribution in [2.75, 3.05) is 12.8 Å². The van der Waals surface area contributed by atoms with Gasteiger partial charge < -0.3 is 11.1 Å². The van der Waals surface area contributed by atoms with Gasteiger partial charge in [-0.1, -0.05) is 24.3 Å². The van der Waals surface area contributed by atoms with Gasteiger partial charge in [0.1, 0.15) is 5.82 Å². The van der Waals surface area contributed by atoms with Crippen LogP contribution in [-0.4, -0.2) is 7.05 Å².